The third-order valence-electron chi connectivity index (χ3n) is 3.36. The number of carbonyl (C=O) groups excluding carboxylic acids is 1. The average molecular weight is 288 g/mol. The van der Waals surface area contributed by atoms with Crippen LogP contribution in [0.1, 0.15) is 22.4 Å². The van der Waals surface area contributed by atoms with E-state index >= 15 is 0 Å². The number of carbonyl (C=O) groups is 1. The maximum Gasteiger partial charge on any atom is 0.271 e. The van der Waals surface area contributed by atoms with Gasteiger partial charge in [0.05, 0.1) is 19.4 Å². The number of hydrogen-bond donors (Lipinski definition) is 1. The van der Waals surface area contributed by atoms with Crippen molar-refractivity contribution in [2.24, 2.45) is 0 Å². The number of morpholine rings is 1. The summed E-state index contributed by atoms with van der Waals surface area (Å²) >= 11 is 0. The number of rotatable bonds is 3. The SMILES string of the molecule is CNC(=O)c1ccc(N2CCOC(c3ccco3)C2)nn1. The van der Waals surface area contributed by atoms with Crippen molar-refractivity contribution in [2.75, 3.05) is 31.6 Å². The van der Waals surface area contributed by atoms with E-state index < -0.39 is 0 Å². The van der Waals surface area contributed by atoms with Gasteiger partial charge in [-0.05, 0) is 24.3 Å². The summed E-state index contributed by atoms with van der Waals surface area (Å²) < 4.78 is 11.1. The standard InChI is InChI=1S/C14H16N4O3/c1-15-14(19)10-4-5-13(17-16-10)18-6-8-21-12(9-18)11-3-2-7-20-11/h2-5,7,12H,6,8-9H2,1H3,(H,15,19). The smallest absolute Gasteiger partial charge is 0.271 e. The number of aromatic nitrogens is 2. The van der Waals surface area contributed by atoms with Gasteiger partial charge in [-0.1, -0.05) is 0 Å². The number of amides is 1. The van der Waals surface area contributed by atoms with Crippen molar-refractivity contribution < 1.29 is 13.9 Å². The molecule has 2 aromatic rings. The van der Waals surface area contributed by atoms with Crippen molar-refractivity contribution in [2.45, 2.75) is 6.10 Å². The molecule has 1 unspecified atom stereocenters. The zero-order valence-electron chi connectivity index (χ0n) is 11.7. The molecule has 0 aliphatic carbocycles. The highest BCUT2D eigenvalue weighted by atomic mass is 16.5. The second-order valence-electron chi connectivity index (χ2n) is 4.68. The third-order valence-corrected chi connectivity index (χ3v) is 3.36. The lowest BCUT2D eigenvalue weighted by molar-refractivity contribution is 0.0254. The summed E-state index contributed by atoms with van der Waals surface area (Å²) in [4.78, 5) is 13.5. The molecule has 1 amide bonds. The van der Waals surface area contributed by atoms with E-state index in [9.17, 15) is 4.79 Å². The molecule has 110 valence electrons. The van der Waals surface area contributed by atoms with Gasteiger partial charge in [-0.15, -0.1) is 10.2 Å². The van der Waals surface area contributed by atoms with Crippen LogP contribution in [-0.2, 0) is 4.74 Å². The highest BCUT2D eigenvalue weighted by molar-refractivity contribution is 5.91. The Morgan fingerprint density at radius 3 is 2.95 bits per heavy atom. The van der Waals surface area contributed by atoms with Gasteiger partial charge in [-0.2, -0.15) is 0 Å². The van der Waals surface area contributed by atoms with E-state index in [1.807, 2.05) is 12.1 Å². The van der Waals surface area contributed by atoms with Crippen LogP contribution in [0.25, 0.3) is 0 Å². The minimum Gasteiger partial charge on any atom is -0.467 e. The summed E-state index contributed by atoms with van der Waals surface area (Å²) in [6, 6.07) is 7.20. The van der Waals surface area contributed by atoms with Crippen molar-refractivity contribution in [3.8, 4) is 0 Å². The molecule has 1 fully saturated rings. The third kappa shape index (κ3) is 2.87. The van der Waals surface area contributed by atoms with Gasteiger partial charge < -0.3 is 19.4 Å². The Hall–Kier alpha value is -2.41. The van der Waals surface area contributed by atoms with Crippen LogP contribution in [0, 0.1) is 0 Å². The van der Waals surface area contributed by atoms with Crippen molar-refractivity contribution in [3.63, 3.8) is 0 Å². The molecular weight excluding hydrogens is 272 g/mol. The van der Waals surface area contributed by atoms with E-state index in [0.717, 1.165) is 18.1 Å². The number of furan rings is 1. The summed E-state index contributed by atoms with van der Waals surface area (Å²) in [7, 11) is 1.56. The first-order valence-corrected chi connectivity index (χ1v) is 6.73. The largest absolute Gasteiger partial charge is 0.467 e. The molecule has 0 spiro atoms. The van der Waals surface area contributed by atoms with Crippen molar-refractivity contribution >= 4 is 11.7 Å². The molecule has 2 aromatic heterocycles. The first-order valence-electron chi connectivity index (χ1n) is 6.73. The van der Waals surface area contributed by atoms with Crippen molar-refractivity contribution in [3.05, 3.63) is 42.0 Å². The Balaban J connectivity index is 1.73. The Labute approximate surface area is 121 Å². The Morgan fingerprint density at radius 2 is 2.29 bits per heavy atom. The summed E-state index contributed by atoms with van der Waals surface area (Å²) in [5.74, 6) is 1.28. The predicted octanol–water partition coefficient (Wildman–Crippen LogP) is 1.01. The van der Waals surface area contributed by atoms with Crippen LogP contribution in [0.15, 0.2) is 34.9 Å². The highest BCUT2D eigenvalue weighted by Crippen LogP contribution is 2.25. The van der Waals surface area contributed by atoms with Crippen molar-refractivity contribution in [1.82, 2.24) is 15.5 Å². The lowest BCUT2D eigenvalue weighted by Crippen LogP contribution is -2.39. The number of ether oxygens (including phenoxy) is 1. The minimum atomic E-state index is -0.246. The van der Waals surface area contributed by atoms with Gasteiger partial charge in [0.25, 0.3) is 5.91 Å². The molecule has 1 N–H and O–H groups in total. The Kier molecular flexibility index (Phi) is 3.83. The predicted molar refractivity (Wildman–Crippen MR) is 75.0 cm³/mol. The molecule has 7 nitrogen and oxygen atoms in total. The fourth-order valence-electron chi connectivity index (χ4n) is 2.25. The quantitative estimate of drug-likeness (QED) is 0.907. The van der Waals surface area contributed by atoms with Crippen molar-refractivity contribution in [1.29, 1.82) is 0 Å². The molecule has 1 saturated heterocycles. The Morgan fingerprint density at radius 1 is 1.38 bits per heavy atom. The van der Waals surface area contributed by atoms with E-state index in [0.29, 0.717) is 18.8 Å². The van der Waals surface area contributed by atoms with E-state index in [1.54, 1.807) is 25.4 Å². The molecule has 1 aliphatic heterocycles. The number of anilines is 1. The molecule has 21 heavy (non-hydrogen) atoms. The maximum atomic E-state index is 11.4. The second kappa shape index (κ2) is 5.92. The van der Waals surface area contributed by atoms with E-state index in [2.05, 4.69) is 20.4 Å². The Bertz CT molecular complexity index is 597. The zero-order valence-corrected chi connectivity index (χ0v) is 11.7. The summed E-state index contributed by atoms with van der Waals surface area (Å²) in [6.45, 7) is 1.96. The van der Waals surface area contributed by atoms with Crippen LogP contribution in [-0.4, -0.2) is 42.8 Å². The minimum absolute atomic E-state index is 0.117. The second-order valence-corrected chi connectivity index (χ2v) is 4.68. The topological polar surface area (TPSA) is 80.5 Å². The monoisotopic (exact) mass is 288 g/mol. The van der Waals surface area contributed by atoms with Gasteiger partial charge in [0.1, 0.15) is 11.9 Å². The van der Waals surface area contributed by atoms with Gasteiger partial charge >= 0.3 is 0 Å². The fraction of sp³-hybridized carbons (Fsp3) is 0.357. The molecule has 0 radical (unpaired) electrons. The number of nitrogens with one attached hydrogen (secondary N) is 1. The summed E-state index contributed by atoms with van der Waals surface area (Å²) in [6.07, 6.45) is 1.52. The molecule has 0 saturated carbocycles. The normalized spacial score (nSPS) is 18.5. The highest BCUT2D eigenvalue weighted by Gasteiger charge is 2.25. The van der Waals surface area contributed by atoms with Crippen LogP contribution < -0.4 is 10.2 Å². The molecule has 1 aliphatic rings. The van der Waals surface area contributed by atoms with E-state index in [-0.39, 0.29) is 12.0 Å². The van der Waals surface area contributed by atoms with Crippen LogP contribution in [0.2, 0.25) is 0 Å². The fourth-order valence-corrected chi connectivity index (χ4v) is 2.25. The zero-order chi connectivity index (χ0) is 14.7. The van der Waals surface area contributed by atoms with Gasteiger partial charge in [0.15, 0.2) is 11.5 Å². The molecule has 3 rings (SSSR count). The van der Waals surface area contributed by atoms with Gasteiger partial charge in [0.2, 0.25) is 0 Å². The van der Waals surface area contributed by atoms with Crippen LogP contribution in [0.4, 0.5) is 5.82 Å². The maximum absolute atomic E-state index is 11.4. The molecule has 3 heterocycles. The van der Waals surface area contributed by atoms with Gasteiger partial charge in [0, 0.05) is 13.6 Å². The lowest BCUT2D eigenvalue weighted by atomic mass is 10.2. The van der Waals surface area contributed by atoms with Crippen LogP contribution in [0.5, 0.6) is 0 Å². The van der Waals surface area contributed by atoms with E-state index in [4.69, 9.17) is 9.15 Å². The van der Waals surface area contributed by atoms with Gasteiger partial charge in [-0.25, -0.2) is 0 Å². The first kappa shape index (κ1) is 13.6. The molecule has 7 heteroatoms. The number of hydrogen-bond acceptors (Lipinski definition) is 6. The molecule has 0 aromatic carbocycles. The van der Waals surface area contributed by atoms with E-state index in [1.165, 1.54) is 0 Å². The molecule has 1 atom stereocenters. The van der Waals surface area contributed by atoms with Crippen LogP contribution >= 0.6 is 0 Å². The van der Waals surface area contributed by atoms with Gasteiger partial charge in [-0.3, -0.25) is 4.79 Å². The molecular formula is C14H16N4O3. The lowest BCUT2D eigenvalue weighted by Gasteiger charge is -2.32. The van der Waals surface area contributed by atoms with Crippen LogP contribution in [0.3, 0.4) is 0 Å². The summed E-state index contributed by atoms with van der Waals surface area (Å²) in [5, 5.41) is 10.6. The molecule has 0 bridgehead atoms. The first-order chi connectivity index (χ1) is 10.3. The summed E-state index contributed by atoms with van der Waals surface area (Å²) in [5.41, 5.74) is 0.303. The number of nitrogens with zero attached hydrogens (tertiary/aromatic N) is 3. The average Bonchev–Trinajstić information content (AvgIpc) is 3.09.